The van der Waals surface area contributed by atoms with Gasteiger partial charge in [0.2, 0.25) is 0 Å². The van der Waals surface area contributed by atoms with Gasteiger partial charge in [-0.25, -0.2) is 9.78 Å². The molecule has 5 nitrogen and oxygen atoms in total. The highest BCUT2D eigenvalue weighted by Crippen LogP contribution is 2.37. The van der Waals surface area contributed by atoms with Gasteiger partial charge in [0.25, 0.3) is 0 Å². The van der Waals surface area contributed by atoms with Gasteiger partial charge in [0.05, 0.1) is 0 Å². The molecule has 0 aromatic carbocycles. The van der Waals surface area contributed by atoms with E-state index in [2.05, 4.69) is 29.8 Å². The summed E-state index contributed by atoms with van der Waals surface area (Å²) in [5.74, 6) is 0.729. The van der Waals surface area contributed by atoms with Crippen LogP contribution < -0.4 is 4.90 Å². The molecular weight excluding hydrogens is 302 g/mol. The fourth-order valence-electron chi connectivity index (χ4n) is 3.32. The van der Waals surface area contributed by atoms with Crippen LogP contribution in [0.15, 0.2) is 18.3 Å². The molecule has 5 heteroatoms. The van der Waals surface area contributed by atoms with E-state index in [9.17, 15) is 4.79 Å². The van der Waals surface area contributed by atoms with Crippen molar-refractivity contribution in [1.82, 2.24) is 9.88 Å². The molecule has 0 saturated carbocycles. The van der Waals surface area contributed by atoms with Crippen molar-refractivity contribution < 1.29 is 9.53 Å². The molecule has 0 spiro atoms. The standard InChI is InChI=1S/C19H31N3O2/c1-7-21(18(23)24-19(4,5)6)17-15(10-8-12-20-17)16-11-9-13-22(16)14(2)3/h8,10,12,14,16H,7,9,11,13H2,1-6H3/t16-/m1/s1. The lowest BCUT2D eigenvalue weighted by Gasteiger charge is -2.32. The summed E-state index contributed by atoms with van der Waals surface area (Å²) in [6.07, 6.45) is 3.69. The third-order valence-corrected chi connectivity index (χ3v) is 4.32. The molecule has 2 rings (SSSR count). The molecule has 1 aromatic heterocycles. The van der Waals surface area contributed by atoms with E-state index >= 15 is 0 Å². The van der Waals surface area contributed by atoms with Crippen LogP contribution in [0, 0.1) is 0 Å². The van der Waals surface area contributed by atoms with Crippen molar-refractivity contribution in [3.63, 3.8) is 0 Å². The van der Waals surface area contributed by atoms with E-state index in [4.69, 9.17) is 4.74 Å². The molecule has 0 unspecified atom stereocenters. The maximum Gasteiger partial charge on any atom is 0.415 e. The topological polar surface area (TPSA) is 45.7 Å². The Kier molecular flexibility index (Phi) is 5.86. The number of rotatable bonds is 4. The molecule has 0 N–H and O–H groups in total. The van der Waals surface area contributed by atoms with Crippen molar-refractivity contribution >= 4 is 11.9 Å². The Hall–Kier alpha value is -1.62. The van der Waals surface area contributed by atoms with Gasteiger partial charge >= 0.3 is 6.09 Å². The van der Waals surface area contributed by atoms with Crippen molar-refractivity contribution in [3.8, 4) is 0 Å². The first-order valence-electron chi connectivity index (χ1n) is 8.95. The molecule has 0 bridgehead atoms. The van der Waals surface area contributed by atoms with Gasteiger partial charge < -0.3 is 4.74 Å². The molecule has 134 valence electrons. The number of anilines is 1. The van der Waals surface area contributed by atoms with Crippen LogP contribution >= 0.6 is 0 Å². The molecule has 1 aliphatic rings. The number of pyridine rings is 1. The third kappa shape index (κ3) is 4.26. The van der Waals surface area contributed by atoms with Crippen LogP contribution in [0.3, 0.4) is 0 Å². The highest BCUT2D eigenvalue weighted by atomic mass is 16.6. The molecule has 1 amide bonds. The number of hydrogen-bond donors (Lipinski definition) is 0. The smallest absolute Gasteiger partial charge is 0.415 e. The average molecular weight is 333 g/mol. The van der Waals surface area contributed by atoms with Crippen LogP contribution in [0.25, 0.3) is 0 Å². The first kappa shape index (κ1) is 18.7. The zero-order chi connectivity index (χ0) is 17.9. The maximum atomic E-state index is 12.6. The Balaban J connectivity index is 2.34. The summed E-state index contributed by atoms with van der Waals surface area (Å²) in [5.41, 5.74) is 0.605. The van der Waals surface area contributed by atoms with Crippen molar-refractivity contribution in [2.45, 2.75) is 72.1 Å². The third-order valence-electron chi connectivity index (χ3n) is 4.32. The maximum absolute atomic E-state index is 12.6. The molecule has 1 fully saturated rings. The van der Waals surface area contributed by atoms with Crippen LogP contribution in [-0.2, 0) is 4.74 Å². The molecule has 1 aromatic rings. The van der Waals surface area contributed by atoms with E-state index in [1.54, 1.807) is 11.1 Å². The van der Waals surface area contributed by atoms with Gasteiger partial charge in [-0.3, -0.25) is 9.80 Å². The molecule has 0 radical (unpaired) electrons. The van der Waals surface area contributed by atoms with E-state index < -0.39 is 5.60 Å². The quantitative estimate of drug-likeness (QED) is 0.820. The minimum absolute atomic E-state index is 0.310. The first-order chi connectivity index (χ1) is 11.2. The number of carbonyl (C=O) groups is 1. The lowest BCUT2D eigenvalue weighted by molar-refractivity contribution is 0.0580. The van der Waals surface area contributed by atoms with Gasteiger partial charge in [-0.2, -0.15) is 0 Å². The number of likely N-dealkylation sites (tertiary alicyclic amines) is 1. The summed E-state index contributed by atoms with van der Waals surface area (Å²) in [7, 11) is 0. The largest absolute Gasteiger partial charge is 0.443 e. The Morgan fingerprint density at radius 1 is 1.46 bits per heavy atom. The summed E-state index contributed by atoms with van der Waals surface area (Å²) in [5, 5.41) is 0. The zero-order valence-electron chi connectivity index (χ0n) is 15.9. The second kappa shape index (κ2) is 7.51. The minimum atomic E-state index is -0.517. The van der Waals surface area contributed by atoms with E-state index in [0.29, 0.717) is 18.6 Å². The molecule has 2 heterocycles. The lowest BCUT2D eigenvalue weighted by atomic mass is 10.0. The predicted octanol–water partition coefficient (Wildman–Crippen LogP) is 4.39. The Morgan fingerprint density at radius 3 is 2.75 bits per heavy atom. The highest BCUT2D eigenvalue weighted by molar-refractivity contribution is 5.87. The molecule has 1 atom stereocenters. The minimum Gasteiger partial charge on any atom is -0.443 e. The number of nitrogens with zero attached hydrogens (tertiary/aromatic N) is 3. The number of amides is 1. The second-order valence-electron chi connectivity index (χ2n) is 7.63. The van der Waals surface area contributed by atoms with Crippen LogP contribution in [0.1, 0.15) is 66.0 Å². The van der Waals surface area contributed by atoms with E-state index in [0.717, 1.165) is 24.3 Å². The Labute approximate surface area is 146 Å². The van der Waals surface area contributed by atoms with Gasteiger partial charge in [0.1, 0.15) is 11.4 Å². The normalized spacial score (nSPS) is 18.9. The Morgan fingerprint density at radius 2 is 2.17 bits per heavy atom. The average Bonchev–Trinajstić information content (AvgIpc) is 2.96. The van der Waals surface area contributed by atoms with E-state index in [1.165, 1.54) is 6.42 Å². The van der Waals surface area contributed by atoms with Gasteiger partial charge in [0, 0.05) is 30.4 Å². The second-order valence-corrected chi connectivity index (χ2v) is 7.63. The van der Waals surface area contributed by atoms with Crippen molar-refractivity contribution in [2.24, 2.45) is 0 Å². The van der Waals surface area contributed by atoms with Crippen LogP contribution in [0.2, 0.25) is 0 Å². The monoisotopic (exact) mass is 333 g/mol. The van der Waals surface area contributed by atoms with Crippen molar-refractivity contribution in [3.05, 3.63) is 23.9 Å². The zero-order valence-corrected chi connectivity index (χ0v) is 15.9. The van der Waals surface area contributed by atoms with Crippen LogP contribution in [-0.4, -0.2) is 40.7 Å². The van der Waals surface area contributed by atoms with Gasteiger partial charge in [-0.1, -0.05) is 6.07 Å². The molecular formula is C19H31N3O2. The lowest BCUT2D eigenvalue weighted by Crippen LogP contribution is -2.38. The van der Waals surface area contributed by atoms with Gasteiger partial charge in [-0.05, 0) is 67.0 Å². The first-order valence-corrected chi connectivity index (χ1v) is 8.95. The summed E-state index contributed by atoms with van der Waals surface area (Å²) in [6, 6.07) is 4.84. The SMILES string of the molecule is CCN(C(=O)OC(C)(C)C)c1ncccc1[C@H]1CCCN1C(C)C. The van der Waals surface area contributed by atoms with Crippen LogP contribution in [0.4, 0.5) is 10.6 Å². The molecule has 0 aliphatic carbocycles. The molecule has 1 saturated heterocycles. The number of ether oxygens (including phenoxy) is 1. The fraction of sp³-hybridized carbons (Fsp3) is 0.684. The van der Waals surface area contributed by atoms with Gasteiger partial charge in [0.15, 0.2) is 0 Å². The Bertz CT molecular complexity index is 566. The summed E-state index contributed by atoms with van der Waals surface area (Å²) in [6.45, 7) is 13.7. The summed E-state index contributed by atoms with van der Waals surface area (Å²) >= 11 is 0. The fourth-order valence-corrected chi connectivity index (χ4v) is 3.32. The predicted molar refractivity (Wildman–Crippen MR) is 97.3 cm³/mol. The molecule has 24 heavy (non-hydrogen) atoms. The number of aromatic nitrogens is 1. The highest BCUT2D eigenvalue weighted by Gasteiger charge is 2.33. The molecule has 1 aliphatic heterocycles. The van der Waals surface area contributed by atoms with E-state index in [-0.39, 0.29) is 6.09 Å². The van der Waals surface area contributed by atoms with E-state index in [1.807, 2.05) is 33.8 Å². The van der Waals surface area contributed by atoms with Crippen molar-refractivity contribution in [1.29, 1.82) is 0 Å². The van der Waals surface area contributed by atoms with Gasteiger partial charge in [-0.15, -0.1) is 0 Å². The number of hydrogen-bond acceptors (Lipinski definition) is 4. The summed E-state index contributed by atoms with van der Waals surface area (Å²) < 4.78 is 5.57. The number of carbonyl (C=O) groups excluding carboxylic acids is 1. The summed E-state index contributed by atoms with van der Waals surface area (Å²) in [4.78, 5) is 21.3. The van der Waals surface area contributed by atoms with Crippen LogP contribution in [0.5, 0.6) is 0 Å². The van der Waals surface area contributed by atoms with Crippen molar-refractivity contribution in [2.75, 3.05) is 18.0 Å².